The van der Waals surface area contributed by atoms with Crippen LogP contribution in [0.4, 0.5) is 17.1 Å². The summed E-state index contributed by atoms with van der Waals surface area (Å²) in [4.78, 5) is 15.6. The predicted molar refractivity (Wildman–Crippen MR) is 127 cm³/mol. The molecule has 3 aromatic carbocycles. The van der Waals surface area contributed by atoms with E-state index in [2.05, 4.69) is 10.3 Å². The lowest BCUT2D eigenvalue weighted by Crippen LogP contribution is -2.02. The van der Waals surface area contributed by atoms with Crippen molar-refractivity contribution in [2.24, 2.45) is 0 Å². The lowest BCUT2D eigenvalue weighted by Gasteiger charge is -2.15. The first-order valence-corrected chi connectivity index (χ1v) is 10.4. The van der Waals surface area contributed by atoms with E-state index in [1.165, 1.54) is 6.20 Å². The summed E-state index contributed by atoms with van der Waals surface area (Å²) in [6.07, 6.45) is 1.24. The van der Waals surface area contributed by atoms with Crippen molar-refractivity contribution in [2.75, 3.05) is 19.0 Å². The van der Waals surface area contributed by atoms with E-state index in [1.807, 2.05) is 55.5 Å². The summed E-state index contributed by atoms with van der Waals surface area (Å²) in [5.41, 5.74) is 2.34. The first-order chi connectivity index (χ1) is 16.1. The molecule has 8 nitrogen and oxygen atoms in total. The Morgan fingerprint density at radius 3 is 2.55 bits per heavy atom. The predicted octanol–water partition coefficient (Wildman–Crippen LogP) is 5.87. The second kappa shape index (κ2) is 9.86. The van der Waals surface area contributed by atoms with Crippen LogP contribution in [0.15, 0.2) is 72.9 Å². The Labute approximate surface area is 190 Å². The largest absolute Gasteiger partial charge is 0.494 e. The lowest BCUT2D eigenvalue weighted by atomic mass is 10.1. The number of benzene rings is 3. The fourth-order valence-electron chi connectivity index (χ4n) is 3.44. The van der Waals surface area contributed by atoms with Crippen molar-refractivity contribution >= 4 is 28.0 Å². The molecule has 0 saturated carbocycles. The maximum absolute atomic E-state index is 11.8. The number of nitrogens with one attached hydrogen (secondary N) is 1. The molecule has 0 radical (unpaired) electrons. The first kappa shape index (κ1) is 21.9. The highest BCUT2D eigenvalue weighted by atomic mass is 16.6. The number of ether oxygens (including phenoxy) is 3. The van der Waals surface area contributed by atoms with Crippen LogP contribution in [0.3, 0.4) is 0 Å². The summed E-state index contributed by atoms with van der Waals surface area (Å²) in [5.74, 6) is 1.61. The molecule has 0 aliphatic heterocycles. The van der Waals surface area contributed by atoms with E-state index in [0.29, 0.717) is 52.7 Å². The van der Waals surface area contributed by atoms with Crippen LogP contribution in [-0.2, 0) is 6.61 Å². The summed E-state index contributed by atoms with van der Waals surface area (Å²) in [6, 6.07) is 20.4. The molecule has 0 aliphatic carbocycles. The summed E-state index contributed by atoms with van der Waals surface area (Å²) in [5, 5.41) is 15.5. The van der Waals surface area contributed by atoms with Crippen LogP contribution in [0.2, 0.25) is 0 Å². The fourth-order valence-corrected chi connectivity index (χ4v) is 3.44. The van der Waals surface area contributed by atoms with Gasteiger partial charge in [-0.15, -0.1) is 0 Å². The van der Waals surface area contributed by atoms with Crippen LogP contribution in [0.25, 0.3) is 10.9 Å². The third-order valence-corrected chi connectivity index (χ3v) is 4.98. The number of methoxy groups -OCH3 is 1. The monoisotopic (exact) mass is 445 g/mol. The van der Waals surface area contributed by atoms with E-state index in [0.717, 1.165) is 5.56 Å². The highest BCUT2D eigenvalue weighted by Crippen LogP contribution is 2.40. The van der Waals surface area contributed by atoms with Crippen LogP contribution in [0.5, 0.6) is 17.2 Å². The highest BCUT2D eigenvalue weighted by Gasteiger charge is 2.21. The van der Waals surface area contributed by atoms with Crippen molar-refractivity contribution in [2.45, 2.75) is 13.5 Å². The molecule has 1 heterocycles. The second-order valence-electron chi connectivity index (χ2n) is 7.16. The van der Waals surface area contributed by atoms with Crippen LogP contribution in [0, 0.1) is 10.1 Å². The zero-order valence-electron chi connectivity index (χ0n) is 18.3. The standard InChI is InChI=1S/C25H23N3O5/c1-3-32-19-11-7-10-18(12-19)27-25-20-13-24(33-16-17-8-5-4-6-9-17)23(31-2)14-21(20)26-15-22(25)28(29)30/h4-15H,3,16H2,1-2H3,(H,26,27). The van der Waals surface area contributed by atoms with Gasteiger partial charge in [-0.3, -0.25) is 10.1 Å². The molecule has 4 rings (SSSR count). The van der Waals surface area contributed by atoms with Gasteiger partial charge < -0.3 is 19.5 Å². The number of nitrogens with zero attached hydrogens (tertiary/aromatic N) is 2. The Morgan fingerprint density at radius 1 is 1.00 bits per heavy atom. The van der Waals surface area contributed by atoms with Crippen molar-refractivity contribution in [3.05, 3.63) is 88.6 Å². The summed E-state index contributed by atoms with van der Waals surface area (Å²) in [7, 11) is 1.54. The molecule has 0 fully saturated rings. The second-order valence-corrected chi connectivity index (χ2v) is 7.16. The average molecular weight is 445 g/mol. The van der Waals surface area contributed by atoms with Gasteiger partial charge in [-0.05, 0) is 30.7 Å². The van der Waals surface area contributed by atoms with Gasteiger partial charge in [0.25, 0.3) is 0 Å². The van der Waals surface area contributed by atoms with Crippen LogP contribution < -0.4 is 19.5 Å². The Balaban J connectivity index is 1.78. The molecule has 33 heavy (non-hydrogen) atoms. The molecule has 0 bridgehead atoms. The number of aromatic nitrogens is 1. The molecule has 8 heteroatoms. The van der Waals surface area contributed by atoms with E-state index in [9.17, 15) is 10.1 Å². The van der Waals surface area contributed by atoms with E-state index in [4.69, 9.17) is 14.2 Å². The Bertz CT molecular complexity index is 1280. The molecule has 168 valence electrons. The van der Waals surface area contributed by atoms with Gasteiger partial charge in [-0.2, -0.15) is 0 Å². The van der Waals surface area contributed by atoms with Crippen molar-refractivity contribution in [1.29, 1.82) is 0 Å². The van der Waals surface area contributed by atoms with Crippen molar-refractivity contribution in [1.82, 2.24) is 4.98 Å². The van der Waals surface area contributed by atoms with E-state index in [1.54, 1.807) is 25.3 Å². The quantitative estimate of drug-likeness (QED) is 0.254. The van der Waals surface area contributed by atoms with E-state index in [-0.39, 0.29) is 5.69 Å². The third kappa shape index (κ3) is 4.95. The summed E-state index contributed by atoms with van der Waals surface area (Å²) in [6.45, 7) is 2.74. The van der Waals surface area contributed by atoms with Gasteiger partial charge in [0.2, 0.25) is 0 Å². The molecular weight excluding hydrogens is 422 g/mol. The Morgan fingerprint density at radius 2 is 1.82 bits per heavy atom. The molecule has 0 amide bonds. The normalized spacial score (nSPS) is 10.6. The number of rotatable bonds is 9. The summed E-state index contributed by atoms with van der Waals surface area (Å²) >= 11 is 0. The smallest absolute Gasteiger partial charge is 0.311 e. The van der Waals surface area contributed by atoms with Gasteiger partial charge in [-0.25, -0.2) is 4.98 Å². The van der Waals surface area contributed by atoms with Gasteiger partial charge in [-0.1, -0.05) is 36.4 Å². The molecule has 0 spiro atoms. The SMILES string of the molecule is CCOc1cccc(Nc2c([N+](=O)[O-])cnc3cc(OC)c(OCc4ccccc4)cc23)c1. The number of pyridine rings is 1. The van der Waals surface area contributed by atoms with Crippen molar-refractivity contribution < 1.29 is 19.1 Å². The van der Waals surface area contributed by atoms with Crippen LogP contribution in [-0.4, -0.2) is 23.6 Å². The first-order valence-electron chi connectivity index (χ1n) is 10.4. The minimum absolute atomic E-state index is 0.150. The van der Waals surface area contributed by atoms with E-state index >= 15 is 0 Å². The fraction of sp³-hybridized carbons (Fsp3) is 0.160. The third-order valence-electron chi connectivity index (χ3n) is 4.98. The Kier molecular flexibility index (Phi) is 6.54. The molecule has 0 unspecified atom stereocenters. The molecule has 1 aromatic heterocycles. The molecule has 0 atom stereocenters. The zero-order valence-corrected chi connectivity index (χ0v) is 18.3. The number of anilines is 2. The number of hydrogen-bond donors (Lipinski definition) is 1. The van der Waals surface area contributed by atoms with Gasteiger partial charge in [0.1, 0.15) is 24.2 Å². The average Bonchev–Trinajstić information content (AvgIpc) is 2.83. The number of hydrogen-bond acceptors (Lipinski definition) is 7. The molecule has 0 saturated heterocycles. The number of fused-ring (bicyclic) bond motifs is 1. The lowest BCUT2D eigenvalue weighted by molar-refractivity contribution is -0.384. The van der Waals surface area contributed by atoms with Crippen molar-refractivity contribution in [3.8, 4) is 17.2 Å². The molecule has 4 aromatic rings. The van der Waals surface area contributed by atoms with Crippen molar-refractivity contribution in [3.63, 3.8) is 0 Å². The van der Waals surface area contributed by atoms with Gasteiger partial charge in [0, 0.05) is 23.2 Å². The number of nitro groups is 1. The molecular formula is C25H23N3O5. The maximum atomic E-state index is 11.8. The minimum atomic E-state index is -0.462. The molecule has 0 aliphatic rings. The van der Waals surface area contributed by atoms with E-state index < -0.39 is 4.92 Å². The van der Waals surface area contributed by atoms with Crippen LogP contribution >= 0.6 is 0 Å². The topological polar surface area (TPSA) is 95.8 Å². The Hall–Kier alpha value is -4.33. The maximum Gasteiger partial charge on any atom is 0.311 e. The van der Waals surface area contributed by atoms with Crippen LogP contribution in [0.1, 0.15) is 12.5 Å². The minimum Gasteiger partial charge on any atom is -0.494 e. The summed E-state index contributed by atoms with van der Waals surface area (Å²) < 4.78 is 17.0. The molecule has 1 N–H and O–H groups in total. The van der Waals surface area contributed by atoms with Gasteiger partial charge in [0.05, 0.1) is 24.2 Å². The highest BCUT2D eigenvalue weighted by molar-refractivity contribution is 5.99. The van der Waals surface area contributed by atoms with Gasteiger partial charge in [0.15, 0.2) is 11.5 Å². The zero-order chi connectivity index (χ0) is 23.2. The van der Waals surface area contributed by atoms with Gasteiger partial charge >= 0.3 is 5.69 Å².